The molecule has 0 aromatic heterocycles. The van der Waals surface area contributed by atoms with E-state index in [9.17, 15) is 4.79 Å². The number of halogens is 2. The Labute approximate surface area is 169 Å². The summed E-state index contributed by atoms with van der Waals surface area (Å²) in [6.07, 6.45) is 7.19. The van der Waals surface area contributed by atoms with Crippen LogP contribution < -0.4 is 10.6 Å². The smallest absolute Gasteiger partial charge is 0.228 e. The molecule has 26 heavy (non-hydrogen) atoms. The van der Waals surface area contributed by atoms with Gasteiger partial charge in [-0.3, -0.25) is 4.79 Å². The number of benzene rings is 1. The first kappa shape index (κ1) is 21.5. The summed E-state index contributed by atoms with van der Waals surface area (Å²) < 4.78 is 0. The fourth-order valence-electron chi connectivity index (χ4n) is 4.47. The van der Waals surface area contributed by atoms with Gasteiger partial charge in [0, 0.05) is 18.2 Å². The first-order chi connectivity index (χ1) is 11.8. The van der Waals surface area contributed by atoms with E-state index in [0.29, 0.717) is 5.41 Å². The Hall–Kier alpha value is -0.810. The maximum absolute atomic E-state index is 12.5. The normalized spacial score (nSPS) is 23.8. The molecule has 4 rings (SSSR count). The average molecular weight is 400 g/mol. The molecule has 2 heterocycles. The highest BCUT2D eigenvalue weighted by molar-refractivity contribution is 5.95. The summed E-state index contributed by atoms with van der Waals surface area (Å²) in [5.41, 5.74) is 2.62. The van der Waals surface area contributed by atoms with Gasteiger partial charge in [-0.05, 0) is 87.8 Å². The molecule has 6 heteroatoms. The molecule has 1 unspecified atom stereocenters. The van der Waals surface area contributed by atoms with Crippen molar-refractivity contribution in [1.82, 2.24) is 10.2 Å². The standard InChI is InChI=1S/C20H29N3O.2ClH/c24-19(18-15-20(18)8-10-21-11-9-20)22-17-5-3-16(4-6-17)7-14-23-12-1-2-13-23;;/h3-6,18,21H,1-2,7-15H2,(H,22,24);2*1H. The van der Waals surface area contributed by atoms with Gasteiger partial charge in [0.25, 0.3) is 0 Å². The highest BCUT2D eigenvalue weighted by Crippen LogP contribution is 2.58. The lowest BCUT2D eigenvalue weighted by Crippen LogP contribution is -2.31. The van der Waals surface area contributed by atoms with Gasteiger partial charge >= 0.3 is 0 Å². The first-order valence-electron chi connectivity index (χ1n) is 9.58. The summed E-state index contributed by atoms with van der Waals surface area (Å²) in [5.74, 6) is 0.455. The predicted octanol–water partition coefficient (Wildman–Crippen LogP) is 3.50. The van der Waals surface area contributed by atoms with Crippen LogP contribution in [0.4, 0.5) is 5.69 Å². The van der Waals surface area contributed by atoms with Gasteiger partial charge in [-0.25, -0.2) is 0 Å². The zero-order chi connectivity index (χ0) is 16.4. The topological polar surface area (TPSA) is 44.4 Å². The van der Waals surface area contributed by atoms with E-state index < -0.39 is 0 Å². The maximum Gasteiger partial charge on any atom is 0.228 e. The number of nitrogens with one attached hydrogen (secondary N) is 2. The Morgan fingerprint density at radius 1 is 1.12 bits per heavy atom. The quantitative estimate of drug-likeness (QED) is 0.795. The van der Waals surface area contributed by atoms with E-state index in [1.165, 1.54) is 31.5 Å². The van der Waals surface area contributed by atoms with Gasteiger partial charge in [0.05, 0.1) is 0 Å². The van der Waals surface area contributed by atoms with Crippen LogP contribution >= 0.6 is 24.8 Å². The van der Waals surface area contributed by atoms with Gasteiger partial charge in [-0.2, -0.15) is 0 Å². The van der Waals surface area contributed by atoms with E-state index in [-0.39, 0.29) is 36.6 Å². The zero-order valence-corrected chi connectivity index (χ0v) is 17.0. The van der Waals surface area contributed by atoms with Crippen molar-refractivity contribution in [3.8, 4) is 0 Å². The van der Waals surface area contributed by atoms with Crippen molar-refractivity contribution >= 4 is 36.4 Å². The molecule has 1 aromatic rings. The number of carbonyl (C=O) groups excluding carboxylic acids is 1. The third-order valence-corrected chi connectivity index (χ3v) is 6.24. The van der Waals surface area contributed by atoms with E-state index in [2.05, 4.69) is 39.8 Å². The van der Waals surface area contributed by atoms with Crippen molar-refractivity contribution in [1.29, 1.82) is 0 Å². The van der Waals surface area contributed by atoms with Crippen molar-refractivity contribution in [3.05, 3.63) is 29.8 Å². The lowest BCUT2D eigenvalue weighted by molar-refractivity contribution is -0.118. The zero-order valence-electron chi connectivity index (χ0n) is 15.3. The van der Waals surface area contributed by atoms with Crippen LogP contribution in [-0.4, -0.2) is 43.5 Å². The monoisotopic (exact) mass is 399 g/mol. The number of hydrogen-bond donors (Lipinski definition) is 2. The van der Waals surface area contributed by atoms with E-state index in [0.717, 1.165) is 51.0 Å². The molecule has 3 aliphatic rings. The SMILES string of the molecule is Cl.Cl.O=C(Nc1ccc(CCN2CCCC2)cc1)C1CC12CCNCC2. The van der Waals surface area contributed by atoms with Crippen LogP contribution in [-0.2, 0) is 11.2 Å². The second-order valence-electron chi connectivity index (χ2n) is 7.85. The summed E-state index contributed by atoms with van der Waals surface area (Å²) in [6, 6.07) is 8.46. The Bertz CT molecular complexity index is 581. The van der Waals surface area contributed by atoms with Gasteiger partial charge in [0.15, 0.2) is 0 Å². The van der Waals surface area contributed by atoms with Crippen LogP contribution in [0.5, 0.6) is 0 Å². The van der Waals surface area contributed by atoms with Crippen LogP contribution in [0.15, 0.2) is 24.3 Å². The Balaban J connectivity index is 0.00000121. The molecule has 1 amide bonds. The second kappa shape index (κ2) is 9.41. The summed E-state index contributed by atoms with van der Waals surface area (Å²) >= 11 is 0. The number of likely N-dealkylation sites (tertiary alicyclic amines) is 1. The summed E-state index contributed by atoms with van der Waals surface area (Å²) in [6.45, 7) is 5.80. The molecule has 2 N–H and O–H groups in total. The van der Waals surface area contributed by atoms with Gasteiger partial charge in [-0.15, -0.1) is 24.8 Å². The van der Waals surface area contributed by atoms with Crippen molar-refractivity contribution in [2.24, 2.45) is 11.3 Å². The first-order valence-corrected chi connectivity index (χ1v) is 9.58. The third kappa shape index (κ3) is 4.92. The minimum absolute atomic E-state index is 0. The van der Waals surface area contributed by atoms with Gasteiger partial charge in [-0.1, -0.05) is 12.1 Å². The highest BCUT2D eigenvalue weighted by atomic mass is 35.5. The van der Waals surface area contributed by atoms with Crippen LogP contribution in [0.3, 0.4) is 0 Å². The summed E-state index contributed by atoms with van der Waals surface area (Å²) in [4.78, 5) is 15.0. The average Bonchev–Trinajstić information content (AvgIpc) is 3.06. The van der Waals surface area contributed by atoms with Crippen LogP contribution in [0.25, 0.3) is 0 Å². The minimum Gasteiger partial charge on any atom is -0.326 e. The molecular weight excluding hydrogens is 369 g/mol. The van der Waals surface area contributed by atoms with E-state index in [4.69, 9.17) is 0 Å². The number of anilines is 1. The lowest BCUT2D eigenvalue weighted by Gasteiger charge is -2.23. The van der Waals surface area contributed by atoms with Crippen molar-refractivity contribution in [3.63, 3.8) is 0 Å². The molecule has 0 radical (unpaired) electrons. The predicted molar refractivity (Wildman–Crippen MR) is 112 cm³/mol. The number of carbonyl (C=O) groups is 1. The van der Waals surface area contributed by atoms with E-state index in [1.54, 1.807) is 0 Å². The number of rotatable bonds is 5. The highest BCUT2D eigenvalue weighted by Gasteiger charge is 2.57. The molecule has 4 nitrogen and oxygen atoms in total. The fraction of sp³-hybridized carbons (Fsp3) is 0.650. The Morgan fingerprint density at radius 3 is 2.42 bits per heavy atom. The molecule has 146 valence electrons. The molecule has 1 aliphatic carbocycles. The van der Waals surface area contributed by atoms with Crippen molar-refractivity contribution < 1.29 is 4.79 Å². The van der Waals surface area contributed by atoms with Crippen LogP contribution in [0.1, 0.15) is 37.7 Å². The second-order valence-corrected chi connectivity index (χ2v) is 7.85. The van der Waals surface area contributed by atoms with Gasteiger partial charge < -0.3 is 15.5 Å². The largest absolute Gasteiger partial charge is 0.326 e. The number of hydrogen-bond acceptors (Lipinski definition) is 3. The Morgan fingerprint density at radius 2 is 1.77 bits per heavy atom. The van der Waals surface area contributed by atoms with Crippen LogP contribution in [0, 0.1) is 11.3 Å². The lowest BCUT2D eigenvalue weighted by atomic mass is 9.92. The minimum atomic E-state index is 0. The molecule has 0 bridgehead atoms. The Kier molecular flexibility index (Phi) is 7.77. The third-order valence-electron chi connectivity index (χ3n) is 6.24. The molecular formula is C20H31Cl2N3O. The number of piperidine rings is 1. The molecule has 2 saturated heterocycles. The van der Waals surface area contributed by atoms with Crippen molar-refractivity contribution in [2.75, 3.05) is 38.0 Å². The molecule has 2 aliphatic heterocycles. The summed E-state index contributed by atoms with van der Waals surface area (Å²) in [5, 5.41) is 6.52. The van der Waals surface area contributed by atoms with Crippen molar-refractivity contribution in [2.45, 2.75) is 38.5 Å². The molecule has 1 spiro atoms. The van der Waals surface area contributed by atoms with Gasteiger partial charge in [0.2, 0.25) is 5.91 Å². The van der Waals surface area contributed by atoms with E-state index >= 15 is 0 Å². The number of nitrogens with zero attached hydrogens (tertiary/aromatic N) is 1. The summed E-state index contributed by atoms with van der Waals surface area (Å²) in [7, 11) is 0. The molecule has 1 saturated carbocycles. The van der Waals surface area contributed by atoms with Crippen LogP contribution in [0.2, 0.25) is 0 Å². The maximum atomic E-state index is 12.5. The molecule has 1 atom stereocenters. The fourth-order valence-corrected chi connectivity index (χ4v) is 4.47. The number of amides is 1. The van der Waals surface area contributed by atoms with E-state index in [1.807, 2.05) is 0 Å². The molecule has 1 aromatic carbocycles. The molecule has 3 fully saturated rings. The van der Waals surface area contributed by atoms with Gasteiger partial charge in [0.1, 0.15) is 0 Å².